The topological polar surface area (TPSA) is 43.4 Å². The summed E-state index contributed by atoms with van der Waals surface area (Å²) >= 11 is 0. The molecule has 0 saturated carbocycles. The molecule has 0 spiro atoms. The zero-order chi connectivity index (χ0) is 12.0. The summed E-state index contributed by atoms with van der Waals surface area (Å²) in [7, 11) is 0. The minimum Gasteiger partial charge on any atom is -0.454 e. The van der Waals surface area contributed by atoms with Gasteiger partial charge in [0.25, 0.3) is 0 Å². The number of esters is 1. The predicted molar refractivity (Wildman–Crippen MR) is 61.2 cm³/mol. The van der Waals surface area contributed by atoms with Crippen molar-refractivity contribution < 1.29 is 14.3 Å². The van der Waals surface area contributed by atoms with Crippen molar-refractivity contribution in [3.8, 4) is 0 Å². The Morgan fingerprint density at radius 2 is 1.88 bits per heavy atom. The van der Waals surface area contributed by atoms with Crippen LogP contribution in [0.1, 0.15) is 37.0 Å². The summed E-state index contributed by atoms with van der Waals surface area (Å²) in [5.74, 6) is -0.482. The van der Waals surface area contributed by atoms with Gasteiger partial charge in [-0.15, -0.1) is 0 Å². The first-order valence-corrected chi connectivity index (χ1v) is 5.44. The van der Waals surface area contributed by atoms with Gasteiger partial charge in [0.15, 0.2) is 6.10 Å². The second-order valence-electron chi connectivity index (χ2n) is 3.61. The van der Waals surface area contributed by atoms with Gasteiger partial charge in [-0.25, -0.2) is 0 Å². The number of carbonyl (C=O) groups excluding carboxylic acids is 2. The average molecular weight is 220 g/mol. The van der Waals surface area contributed by atoms with Crippen LogP contribution in [0.3, 0.4) is 0 Å². The molecule has 0 aliphatic carbocycles. The van der Waals surface area contributed by atoms with E-state index in [-0.39, 0.29) is 11.8 Å². The number of hydrogen-bond acceptors (Lipinski definition) is 3. The van der Waals surface area contributed by atoms with E-state index in [9.17, 15) is 9.59 Å². The van der Waals surface area contributed by atoms with Crippen molar-refractivity contribution in [2.75, 3.05) is 0 Å². The maximum absolute atomic E-state index is 11.8. The Bertz CT molecular complexity index is 357. The lowest BCUT2D eigenvalue weighted by molar-refractivity contribution is -0.146. The van der Waals surface area contributed by atoms with Gasteiger partial charge < -0.3 is 4.74 Å². The summed E-state index contributed by atoms with van der Waals surface area (Å²) in [6.07, 6.45) is 0.374. The van der Waals surface area contributed by atoms with Gasteiger partial charge in [-0.1, -0.05) is 37.3 Å². The Kier molecular flexibility index (Phi) is 4.70. The highest BCUT2D eigenvalue weighted by Crippen LogP contribution is 2.07. The molecule has 0 N–H and O–H groups in total. The van der Waals surface area contributed by atoms with Crippen LogP contribution in [0.5, 0.6) is 0 Å². The normalized spacial score (nSPS) is 11.9. The third-order valence-electron chi connectivity index (χ3n) is 2.19. The van der Waals surface area contributed by atoms with Crippen LogP contribution < -0.4 is 0 Å². The Hall–Kier alpha value is -1.64. The van der Waals surface area contributed by atoms with Gasteiger partial charge in [-0.05, 0) is 13.3 Å². The van der Waals surface area contributed by atoms with E-state index in [4.69, 9.17) is 4.74 Å². The fourth-order valence-electron chi connectivity index (χ4n) is 1.35. The predicted octanol–water partition coefficient (Wildman–Crippen LogP) is 2.60. The first-order valence-electron chi connectivity index (χ1n) is 5.44. The molecule has 0 aromatic heterocycles. The summed E-state index contributed by atoms with van der Waals surface area (Å²) in [6.45, 7) is 3.49. The van der Waals surface area contributed by atoms with Crippen molar-refractivity contribution in [3.05, 3.63) is 35.9 Å². The van der Waals surface area contributed by atoms with Crippen molar-refractivity contribution in [1.29, 1.82) is 0 Å². The first-order chi connectivity index (χ1) is 7.65. The lowest BCUT2D eigenvalue weighted by Crippen LogP contribution is -2.24. The van der Waals surface area contributed by atoms with Gasteiger partial charge in [-0.3, -0.25) is 9.59 Å². The molecule has 16 heavy (non-hydrogen) atoms. The van der Waals surface area contributed by atoms with Crippen molar-refractivity contribution in [3.63, 3.8) is 0 Å². The zero-order valence-electron chi connectivity index (χ0n) is 9.60. The van der Waals surface area contributed by atoms with Crippen LogP contribution in [0.2, 0.25) is 0 Å². The Morgan fingerprint density at radius 1 is 1.25 bits per heavy atom. The monoisotopic (exact) mass is 220 g/mol. The highest BCUT2D eigenvalue weighted by Gasteiger charge is 2.18. The molecule has 86 valence electrons. The summed E-state index contributed by atoms with van der Waals surface area (Å²) in [6, 6.07) is 8.84. The number of ketones is 1. The van der Waals surface area contributed by atoms with Gasteiger partial charge in [-0.2, -0.15) is 0 Å². The first kappa shape index (κ1) is 12.4. The average Bonchev–Trinajstić information content (AvgIpc) is 2.29. The van der Waals surface area contributed by atoms with Gasteiger partial charge in [0.1, 0.15) is 0 Å². The molecule has 1 rings (SSSR count). The fraction of sp³-hybridized carbons (Fsp3) is 0.385. The Balaban J connectivity index is 2.58. The van der Waals surface area contributed by atoms with Crippen LogP contribution in [-0.2, 0) is 9.53 Å². The van der Waals surface area contributed by atoms with Gasteiger partial charge in [0.05, 0.1) is 0 Å². The van der Waals surface area contributed by atoms with Gasteiger partial charge >= 0.3 is 5.97 Å². The minimum absolute atomic E-state index is 0.162. The van der Waals surface area contributed by atoms with Crippen LogP contribution in [0.15, 0.2) is 30.3 Å². The molecule has 0 aliphatic heterocycles. The number of hydrogen-bond donors (Lipinski definition) is 0. The van der Waals surface area contributed by atoms with E-state index in [1.165, 1.54) is 0 Å². The van der Waals surface area contributed by atoms with E-state index in [2.05, 4.69) is 0 Å². The van der Waals surface area contributed by atoms with Crippen molar-refractivity contribution >= 4 is 11.8 Å². The second kappa shape index (κ2) is 6.05. The number of ether oxygens (including phenoxy) is 1. The van der Waals surface area contributed by atoms with Crippen molar-refractivity contribution in [2.45, 2.75) is 32.8 Å². The maximum atomic E-state index is 11.8. The van der Waals surface area contributed by atoms with Crippen LogP contribution >= 0.6 is 0 Å². The molecule has 1 aromatic carbocycles. The summed E-state index contributed by atoms with van der Waals surface area (Å²) in [5, 5.41) is 0. The number of carbonyl (C=O) groups is 2. The molecular formula is C13H16O3. The lowest BCUT2D eigenvalue weighted by atomic mass is 10.1. The quantitative estimate of drug-likeness (QED) is 0.566. The molecule has 3 nitrogen and oxygen atoms in total. The van der Waals surface area contributed by atoms with E-state index >= 15 is 0 Å². The van der Waals surface area contributed by atoms with Gasteiger partial charge in [0, 0.05) is 12.0 Å². The van der Waals surface area contributed by atoms with E-state index < -0.39 is 6.10 Å². The third kappa shape index (κ3) is 3.50. The Morgan fingerprint density at radius 3 is 2.44 bits per heavy atom. The molecule has 0 heterocycles. The number of benzene rings is 1. The van der Waals surface area contributed by atoms with Crippen LogP contribution in [0, 0.1) is 0 Å². The Labute approximate surface area is 95.4 Å². The molecule has 0 amide bonds. The molecule has 1 aromatic rings. The third-order valence-corrected chi connectivity index (χ3v) is 2.19. The molecule has 0 saturated heterocycles. The molecule has 0 aliphatic rings. The zero-order valence-corrected chi connectivity index (χ0v) is 9.60. The molecule has 0 radical (unpaired) electrons. The summed E-state index contributed by atoms with van der Waals surface area (Å²) in [4.78, 5) is 23.0. The smallest absolute Gasteiger partial charge is 0.306 e. The fourth-order valence-corrected chi connectivity index (χ4v) is 1.35. The molecular weight excluding hydrogens is 204 g/mol. The second-order valence-corrected chi connectivity index (χ2v) is 3.61. The van der Waals surface area contributed by atoms with E-state index in [1.54, 1.807) is 31.2 Å². The summed E-state index contributed by atoms with van der Waals surface area (Å²) < 4.78 is 5.02. The van der Waals surface area contributed by atoms with Crippen molar-refractivity contribution in [1.82, 2.24) is 0 Å². The minimum atomic E-state index is -0.707. The van der Waals surface area contributed by atoms with Gasteiger partial charge in [0.2, 0.25) is 5.78 Å². The molecule has 0 fully saturated rings. The van der Waals surface area contributed by atoms with Crippen LogP contribution in [-0.4, -0.2) is 17.9 Å². The summed E-state index contributed by atoms with van der Waals surface area (Å²) in [5.41, 5.74) is 0.569. The molecule has 1 atom stereocenters. The highest BCUT2D eigenvalue weighted by atomic mass is 16.5. The number of Topliss-reactive ketones (excluding diaryl/α,β-unsaturated/α-hetero) is 1. The highest BCUT2D eigenvalue weighted by molar-refractivity contribution is 6.00. The van der Waals surface area contributed by atoms with Crippen LogP contribution in [0.25, 0.3) is 0 Å². The standard InChI is InChI=1S/C13H16O3/c1-3-7-12(14)16-10(2)13(15)11-8-5-4-6-9-11/h4-6,8-10H,3,7H2,1-2H3. The van der Waals surface area contributed by atoms with E-state index in [0.717, 1.165) is 6.42 Å². The van der Waals surface area contributed by atoms with E-state index in [1.807, 2.05) is 13.0 Å². The molecule has 3 heteroatoms. The molecule has 0 bridgehead atoms. The SMILES string of the molecule is CCCC(=O)OC(C)C(=O)c1ccccc1. The largest absolute Gasteiger partial charge is 0.454 e. The lowest BCUT2D eigenvalue weighted by Gasteiger charge is -2.11. The van der Waals surface area contributed by atoms with Crippen LogP contribution in [0.4, 0.5) is 0 Å². The number of rotatable bonds is 5. The van der Waals surface area contributed by atoms with E-state index in [0.29, 0.717) is 12.0 Å². The molecule has 1 unspecified atom stereocenters. The van der Waals surface area contributed by atoms with Crippen molar-refractivity contribution in [2.24, 2.45) is 0 Å². The maximum Gasteiger partial charge on any atom is 0.306 e.